The van der Waals surface area contributed by atoms with Crippen molar-refractivity contribution in [3.05, 3.63) is 59.4 Å². The Labute approximate surface area is 213 Å². The summed E-state index contributed by atoms with van der Waals surface area (Å²) in [5.41, 5.74) is 3.37. The summed E-state index contributed by atoms with van der Waals surface area (Å²) in [6, 6.07) is 7.10. The molecule has 2 aliphatic rings. The molecule has 37 heavy (non-hydrogen) atoms. The van der Waals surface area contributed by atoms with E-state index >= 15 is 0 Å². The lowest BCUT2D eigenvalue weighted by atomic mass is 9.99. The summed E-state index contributed by atoms with van der Waals surface area (Å²) in [6.45, 7) is 6.31. The zero-order valence-electron chi connectivity index (χ0n) is 21.0. The molecule has 0 bridgehead atoms. The standard InChI is InChI=1S/C27H28N6O4/c1-4-25(34)33-13-20-19(11-15(33)2)26(29-14-28-20)36-22-8-7-21-18(16(22)3)9-10-32(21)27(35)30-24-12-23(37-31-24)17-5-6-17/h7-10,12,14-15,17H,4-6,11,13H2,1-3H3,(H,30,31,35)/t15-/m0/s1. The highest BCUT2D eigenvalue weighted by Gasteiger charge is 2.30. The van der Waals surface area contributed by atoms with Crippen LogP contribution < -0.4 is 10.1 Å². The van der Waals surface area contributed by atoms with Crippen molar-refractivity contribution in [3.8, 4) is 11.6 Å². The first-order valence-electron chi connectivity index (χ1n) is 12.6. The van der Waals surface area contributed by atoms with Crippen molar-refractivity contribution >= 4 is 28.7 Å². The molecule has 6 rings (SSSR count). The number of anilines is 1. The summed E-state index contributed by atoms with van der Waals surface area (Å²) < 4.78 is 13.2. The number of carbonyl (C=O) groups excluding carboxylic acids is 2. The second-order valence-corrected chi connectivity index (χ2v) is 9.76. The first kappa shape index (κ1) is 23.2. The third-order valence-electron chi connectivity index (χ3n) is 7.23. The predicted molar refractivity (Wildman–Crippen MR) is 136 cm³/mol. The van der Waals surface area contributed by atoms with Gasteiger partial charge in [-0.15, -0.1) is 0 Å². The highest BCUT2D eigenvalue weighted by atomic mass is 16.5. The van der Waals surface area contributed by atoms with Gasteiger partial charge in [-0.3, -0.25) is 14.7 Å². The molecule has 4 aromatic rings. The molecule has 2 amide bonds. The minimum absolute atomic E-state index is 0.0366. The fourth-order valence-electron chi connectivity index (χ4n) is 4.93. The van der Waals surface area contributed by atoms with Crippen LogP contribution in [0.2, 0.25) is 0 Å². The molecule has 1 aliphatic heterocycles. The van der Waals surface area contributed by atoms with Gasteiger partial charge in [0.15, 0.2) is 5.82 Å². The van der Waals surface area contributed by atoms with Crippen LogP contribution in [0, 0.1) is 6.92 Å². The topological polar surface area (TPSA) is 115 Å². The Balaban J connectivity index is 1.24. The van der Waals surface area contributed by atoms with Crippen molar-refractivity contribution in [1.82, 2.24) is 24.6 Å². The number of aromatic nitrogens is 4. The number of amides is 2. The number of aryl methyl sites for hydroxylation is 1. The first-order valence-corrected chi connectivity index (χ1v) is 12.6. The summed E-state index contributed by atoms with van der Waals surface area (Å²) in [5, 5.41) is 7.67. The minimum atomic E-state index is -0.316. The zero-order valence-corrected chi connectivity index (χ0v) is 21.0. The van der Waals surface area contributed by atoms with E-state index in [0.717, 1.165) is 46.3 Å². The molecule has 0 radical (unpaired) electrons. The van der Waals surface area contributed by atoms with E-state index in [0.29, 0.717) is 42.8 Å². The minimum Gasteiger partial charge on any atom is -0.438 e. The largest absolute Gasteiger partial charge is 0.438 e. The molecule has 3 aromatic heterocycles. The third-order valence-corrected chi connectivity index (χ3v) is 7.23. The summed E-state index contributed by atoms with van der Waals surface area (Å²) in [6.07, 6.45) is 6.49. The monoisotopic (exact) mass is 500 g/mol. The smallest absolute Gasteiger partial charge is 0.331 e. The molecule has 1 fully saturated rings. The van der Waals surface area contributed by atoms with Gasteiger partial charge in [-0.25, -0.2) is 14.8 Å². The molecule has 0 saturated heterocycles. The van der Waals surface area contributed by atoms with E-state index in [1.54, 1.807) is 16.8 Å². The Morgan fingerprint density at radius 2 is 2.05 bits per heavy atom. The molecule has 0 unspecified atom stereocenters. The van der Waals surface area contributed by atoms with Crippen molar-refractivity contribution in [1.29, 1.82) is 0 Å². The predicted octanol–water partition coefficient (Wildman–Crippen LogP) is 5.16. The number of benzene rings is 1. The van der Waals surface area contributed by atoms with Crippen LogP contribution in [0.25, 0.3) is 10.9 Å². The van der Waals surface area contributed by atoms with Crippen molar-refractivity contribution in [3.63, 3.8) is 0 Å². The molecule has 1 atom stereocenters. The van der Waals surface area contributed by atoms with Crippen molar-refractivity contribution in [2.75, 3.05) is 5.32 Å². The average Bonchev–Trinajstić information content (AvgIpc) is 3.48. The number of ether oxygens (including phenoxy) is 1. The van der Waals surface area contributed by atoms with Gasteiger partial charge in [0.1, 0.15) is 17.8 Å². The fraction of sp³-hybridized carbons (Fsp3) is 0.370. The van der Waals surface area contributed by atoms with Gasteiger partial charge in [0.05, 0.1) is 17.8 Å². The van der Waals surface area contributed by atoms with E-state index in [4.69, 9.17) is 9.26 Å². The maximum Gasteiger partial charge on any atom is 0.331 e. The summed E-state index contributed by atoms with van der Waals surface area (Å²) in [4.78, 5) is 36.0. The molecule has 10 heteroatoms. The van der Waals surface area contributed by atoms with Crippen LogP contribution in [-0.2, 0) is 17.8 Å². The van der Waals surface area contributed by atoms with E-state index in [-0.39, 0.29) is 18.0 Å². The summed E-state index contributed by atoms with van der Waals surface area (Å²) in [5.74, 6) is 2.91. The summed E-state index contributed by atoms with van der Waals surface area (Å²) in [7, 11) is 0. The quantitative estimate of drug-likeness (QED) is 0.402. The molecular formula is C27H28N6O4. The van der Waals surface area contributed by atoms with Crippen molar-refractivity contribution in [2.24, 2.45) is 0 Å². The number of hydrogen-bond acceptors (Lipinski definition) is 7. The molecular weight excluding hydrogens is 472 g/mol. The van der Waals surface area contributed by atoms with Crippen molar-refractivity contribution < 1.29 is 18.8 Å². The molecule has 1 saturated carbocycles. The summed E-state index contributed by atoms with van der Waals surface area (Å²) >= 11 is 0. The van der Waals surface area contributed by atoms with Crippen LogP contribution in [0.3, 0.4) is 0 Å². The molecule has 1 N–H and O–H groups in total. The number of fused-ring (bicyclic) bond motifs is 2. The number of nitrogens with one attached hydrogen (secondary N) is 1. The lowest BCUT2D eigenvalue weighted by Crippen LogP contribution is -2.42. The van der Waals surface area contributed by atoms with Gasteiger partial charge in [-0.2, -0.15) is 0 Å². The molecule has 4 heterocycles. The van der Waals surface area contributed by atoms with Gasteiger partial charge in [-0.1, -0.05) is 12.1 Å². The van der Waals surface area contributed by atoms with Gasteiger partial charge in [0, 0.05) is 47.2 Å². The third kappa shape index (κ3) is 4.22. The van der Waals surface area contributed by atoms with Crippen LogP contribution >= 0.6 is 0 Å². The molecule has 0 spiro atoms. The highest BCUT2D eigenvalue weighted by molar-refractivity contribution is 5.99. The van der Waals surface area contributed by atoms with E-state index in [1.807, 2.05) is 43.9 Å². The number of rotatable bonds is 5. The highest BCUT2D eigenvalue weighted by Crippen LogP contribution is 2.41. The van der Waals surface area contributed by atoms with Crippen LogP contribution in [0.1, 0.15) is 61.6 Å². The van der Waals surface area contributed by atoms with Gasteiger partial charge in [0.25, 0.3) is 0 Å². The van der Waals surface area contributed by atoms with Gasteiger partial charge >= 0.3 is 6.03 Å². The van der Waals surface area contributed by atoms with Crippen LogP contribution in [0.15, 0.2) is 41.3 Å². The number of hydrogen-bond donors (Lipinski definition) is 1. The van der Waals surface area contributed by atoms with E-state index in [2.05, 4.69) is 20.4 Å². The Bertz CT molecular complexity index is 1520. The maximum atomic E-state index is 13.0. The molecule has 10 nitrogen and oxygen atoms in total. The number of nitrogens with zero attached hydrogens (tertiary/aromatic N) is 5. The normalized spacial score (nSPS) is 17.1. The lowest BCUT2D eigenvalue weighted by molar-refractivity contribution is -0.134. The Morgan fingerprint density at radius 1 is 1.22 bits per heavy atom. The Hall–Kier alpha value is -4.21. The number of carbonyl (C=O) groups is 2. The van der Waals surface area contributed by atoms with Gasteiger partial charge < -0.3 is 14.2 Å². The lowest BCUT2D eigenvalue weighted by Gasteiger charge is -2.34. The molecule has 190 valence electrons. The maximum absolute atomic E-state index is 13.0. The van der Waals surface area contributed by atoms with E-state index < -0.39 is 0 Å². The van der Waals surface area contributed by atoms with Crippen LogP contribution in [0.5, 0.6) is 11.6 Å². The van der Waals surface area contributed by atoms with Gasteiger partial charge in [0.2, 0.25) is 11.8 Å². The van der Waals surface area contributed by atoms with E-state index in [1.165, 1.54) is 6.33 Å². The van der Waals surface area contributed by atoms with E-state index in [9.17, 15) is 9.59 Å². The second-order valence-electron chi connectivity index (χ2n) is 9.76. The average molecular weight is 501 g/mol. The Morgan fingerprint density at radius 3 is 2.84 bits per heavy atom. The zero-order chi connectivity index (χ0) is 25.7. The molecule has 1 aliphatic carbocycles. The van der Waals surface area contributed by atoms with Crippen LogP contribution in [-0.4, -0.2) is 42.6 Å². The second kappa shape index (κ2) is 9.02. The SMILES string of the molecule is CCC(=O)N1Cc2ncnc(Oc3ccc4c(ccn4C(=O)Nc4cc(C5CC5)on4)c3C)c2C[C@@H]1C. The first-order chi connectivity index (χ1) is 17.9. The van der Waals surface area contributed by atoms with Crippen LogP contribution in [0.4, 0.5) is 10.6 Å². The fourth-order valence-corrected chi connectivity index (χ4v) is 4.93. The Kier molecular flexibility index (Phi) is 5.66. The van der Waals surface area contributed by atoms with Crippen molar-refractivity contribution in [2.45, 2.75) is 65.0 Å². The van der Waals surface area contributed by atoms with Gasteiger partial charge in [-0.05, 0) is 51.3 Å². The molecule has 1 aromatic carbocycles.